The van der Waals surface area contributed by atoms with Crippen molar-refractivity contribution in [2.45, 2.75) is 33.4 Å². The first kappa shape index (κ1) is 14.4. The van der Waals surface area contributed by atoms with E-state index in [9.17, 15) is 0 Å². The first-order chi connectivity index (χ1) is 10.1. The molecule has 0 spiro atoms. The Balaban J connectivity index is 1.72. The Morgan fingerprint density at radius 3 is 2.81 bits per heavy atom. The molecule has 1 N–H and O–H groups in total. The van der Waals surface area contributed by atoms with Crippen LogP contribution in [0.1, 0.15) is 33.8 Å². The van der Waals surface area contributed by atoms with Gasteiger partial charge in [0, 0.05) is 27.9 Å². The van der Waals surface area contributed by atoms with Crippen molar-refractivity contribution in [2.24, 2.45) is 0 Å². The minimum atomic E-state index is 0.329. The highest BCUT2D eigenvalue weighted by Gasteiger charge is 2.17. The summed E-state index contributed by atoms with van der Waals surface area (Å²) in [4.78, 5) is 2.76. The lowest BCUT2D eigenvalue weighted by Crippen LogP contribution is -2.21. The molecule has 112 valence electrons. The standard InChI is InChI=1S/C17H21NO2S/c1-11-9-15(13(3)21-11)12(2)18-10-14-5-4-6-16-17(14)20-8-7-19-16/h4-6,9,12,18H,7-8,10H2,1-3H3. The van der Waals surface area contributed by atoms with Gasteiger partial charge in [0.2, 0.25) is 0 Å². The van der Waals surface area contributed by atoms with Crippen LogP contribution in [0.3, 0.4) is 0 Å². The third-order valence-corrected chi connectivity index (χ3v) is 4.77. The molecule has 0 saturated heterocycles. The lowest BCUT2D eigenvalue weighted by molar-refractivity contribution is 0.169. The lowest BCUT2D eigenvalue weighted by atomic mass is 10.1. The van der Waals surface area contributed by atoms with E-state index < -0.39 is 0 Å². The summed E-state index contributed by atoms with van der Waals surface area (Å²) < 4.78 is 11.4. The van der Waals surface area contributed by atoms with Gasteiger partial charge in [-0.05, 0) is 38.5 Å². The third-order valence-electron chi connectivity index (χ3n) is 3.79. The van der Waals surface area contributed by atoms with Crippen LogP contribution < -0.4 is 14.8 Å². The number of hydrogen-bond acceptors (Lipinski definition) is 4. The molecule has 0 aliphatic carbocycles. The summed E-state index contributed by atoms with van der Waals surface area (Å²) in [6.07, 6.45) is 0. The van der Waals surface area contributed by atoms with Crippen LogP contribution >= 0.6 is 11.3 Å². The van der Waals surface area contributed by atoms with Gasteiger partial charge in [-0.15, -0.1) is 11.3 Å². The highest BCUT2D eigenvalue weighted by atomic mass is 32.1. The zero-order chi connectivity index (χ0) is 14.8. The van der Waals surface area contributed by atoms with Crippen molar-refractivity contribution in [2.75, 3.05) is 13.2 Å². The van der Waals surface area contributed by atoms with Crippen LogP contribution in [0.25, 0.3) is 0 Å². The van der Waals surface area contributed by atoms with E-state index in [1.807, 2.05) is 23.5 Å². The molecule has 1 unspecified atom stereocenters. The predicted octanol–water partition coefficient (Wildman–Crippen LogP) is 3.99. The monoisotopic (exact) mass is 303 g/mol. The topological polar surface area (TPSA) is 30.5 Å². The van der Waals surface area contributed by atoms with Gasteiger partial charge in [0.05, 0.1) is 0 Å². The summed E-state index contributed by atoms with van der Waals surface area (Å²) >= 11 is 1.86. The first-order valence-electron chi connectivity index (χ1n) is 7.33. The molecule has 1 aliphatic heterocycles. The van der Waals surface area contributed by atoms with Crippen LogP contribution in [0.15, 0.2) is 24.3 Å². The molecule has 0 bridgehead atoms. The Kier molecular flexibility index (Phi) is 4.17. The number of para-hydroxylation sites is 1. The molecule has 0 amide bonds. The minimum absolute atomic E-state index is 0.329. The molecule has 2 heterocycles. The van der Waals surface area contributed by atoms with E-state index in [1.165, 1.54) is 15.3 Å². The average Bonchev–Trinajstić information content (AvgIpc) is 2.83. The smallest absolute Gasteiger partial charge is 0.165 e. The fraction of sp³-hybridized carbons (Fsp3) is 0.412. The number of rotatable bonds is 4. The highest BCUT2D eigenvalue weighted by molar-refractivity contribution is 7.12. The van der Waals surface area contributed by atoms with Crippen LogP contribution in [0.2, 0.25) is 0 Å². The molecule has 1 aromatic heterocycles. The highest BCUT2D eigenvalue weighted by Crippen LogP contribution is 2.34. The Bertz CT molecular complexity index is 636. The van der Waals surface area contributed by atoms with Crippen LogP contribution in [0.4, 0.5) is 0 Å². The van der Waals surface area contributed by atoms with Gasteiger partial charge in [-0.3, -0.25) is 0 Å². The maximum absolute atomic E-state index is 5.76. The summed E-state index contributed by atoms with van der Waals surface area (Å²) in [5.74, 6) is 1.75. The van der Waals surface area contributed by atoms with Crippen molar-refractivity contribution < 1.29 is 9.47 Å². The lowest BCUT2D eigenvalue weighted by Gasteiger charge is -2.22. The maximum atomic E-state index is 5.76. The van der Waals surface area contributed by atoms with E-state index >= 15 is 0 Å². The normalized spacial score (nSPS) is 15.0. The van der Waals surface area contributed by atoms with Crippen molar-refractivity contribution in [1.82, 2.24) is 5.32 Å². The zero-order valence-corrected chi connectivity index (χ0v) is 13.5. The first-order valence-corrected chi connectivity index (χ1v) is 8.14. The van der Waals surface area contributed by atoms with Gasteiger partial charge in [-0.2, -0.15) is 0 Å². The summed E-state index contributed by atoms with van der Waals surface area (Å²) in [7, 11) is 0. The van der Waals surface area contributed by atoms with Crippen LogP contribution in [-0.2, 0) is 6.54 Å². The van der Waals surface area contributed by atoms with Crippen LogP contribution in [-0.4, -0.2) is 13.2 Å². The number of ether oxygens (including phenoxy) is 2. The molecule has 0 radical (unpaired) electrons. The number of hydrogen-bond donors (Lipinski definition) is 1. The maximum Gasteiger partial charge on any atom is 0.165 e. The van der Waals surface area contributed by atoms with E-state index in [-0.39, 0.29) is 0 Å². The number of thiophene rings is 1. The van der Waals surface area contributed by atoms with Crippen molar-refractivity contribution in [3.05, 3.63) is 45.1 Å². The molecule has 1 aliphatic rings. The quantitative estimate of drug-likeness (QED) is 0.926. The molecular formula is C17H21NO2S. The molecular weight excluding hydrogens is 282 g/mol. The fourth-order valence-electron chi connectivity index (χ4n) is 2.73. The Morgan fingerprint density at radius 2 is 2.05 bits per heavy atom. The van der Waals surface area contributed by atoms with E-state index in [2.05, 4.69) is 38.2 Å². The average molecular weight is 303 g/mol. The number of benzene rings is 1. The van der Waals surface area contributed by atoms with Gasteiger partial charge in [-0.25, -0.2) is 0 Å². The Morgan fingerprint density at radius 1 is 1.24 bits per heavy atom. The van der Waals surface area contributed by atoms with Gasteiger partial charge >= 0.3 is 0 Å². The number of nitrogens with one attached hydrogen (secondary N) is 1. The van der Waals surface area contributed by atoms with Crippen LogP contribution in [0, 0.1) is 13.8 Å². The van der Waals surface area contributed by atoms with Gasteiger partial charge in [0.15, 0.2) is 11.5 Å². The van der Waals surface area contributed by atoms with Crippen molar-refractivity contribution in [3.63, 3.8) is 0 Å². The predicted molar refractivity (Wildman–Crippen MR) is 86.5 cm³/mol. The molecule has 1 aromatic carbocycles. The second-order valence-corrected chi connectivity index (χ2v) is 6.87. The zero-order valence-electron chi connectivity index (χ0n) is 12.7. The van der Waals surface area contributed by atoms with E-state index in [0.717, 1.165) is 23.6 Å². The molecule has 3 nitrogen and oxygen atoms in total. The molecule has 3 rings (SSSR count). The summed E-state index contributed by atoms with van der Waals surface area (Å²) in [6.45, 7) is 8.60. The van der Waals surface area contributed by atoms with Gasteiger partial charge < -0.3 is 14.8 Å². The molecule has 0 fully saturated rings. The third kappa shape index (κ3) is 3.06. The van der Waals surface area contributed by atoms with Crippen molar-refractivity contribution in [3.8, 4) is 11.5 Å². The Hall–Kier alpha value is -1.52. The molecule has 1 atom stereocenters. The largest absolute Gasteiger partial charge is 0.486 e. The van der Waals surface area contributed by atoms with E-state index in [1.54, 1.807) is 0 Å². The number of aryl methyl sites for hydroxylation is 2. The fourth-order valence-corrected chi connectivity index (χ4v) is 3.75. The summed E-state index contributed by atoms with van der Waals surface area (Å²) in [5, 5.41) is 3.59. The molecule has 2 aromatic rings. The molecule has 0 saturated carbocycles. The van der Waals surface area contributed by atoms with E-state index in [0.29, 0.717) is 19.3 Å². The molecule has 4 heteroatoms. The van der Waals surface area contributed by atoms with Crippen molar-refractivity contribution >= 4 is 11.3 Å². The Labute approximate surface area is 129 Å². The summed E-state index contributed by atoms with van der Waals surface area (Å²) in [6, 6.07) is 8.69. The number of fused-ring (bicyclic) bond motifs is 1. The summed E-state index contributed by atoms with van der Waals surface area (Å²) in [5.41, 5.74) is 2.54. The van der Waals surface area contributed by atoms with Gasteiger partial charge in [-0.1, -0.05) is 12.1 Å². The van der Waals surface area contributed by atoms with Crippen molar-refractivity contribution in [1.29, 1.82) is 0 Å². The van der Waals surface area contributed by atoms with Crippen LogP contribution in [0.5, 0.6) is 11.5 Å². The second-order valence-electron chi connectivity index (χ2n) is 5.41. The van der Waals surface area contributed by atoms with E-state index in [4.69, 9.17) is 9.47 Å². The van der Waals surface area contributed by atoms with Gasteiger partial charge in [0.1, 0.15) is 13.2 Å². The minimum Gasteiger partial charge on any atom is -0.486 e. The molecule has 21 heavy (non-hydrogen) atoms. The second kappa shape index (κ2) is 6.08. The SMILES string of the molecule is Cc1cc(C(C)NCc2cccc3c2OCCO3)c(C)s1. The van der Waals surface area contributed by atoms with Gasteiger partial charge in [0.25, 0.3) is 0 Å².